The number of carboxylic acid groups (broad SMARTS) is 1. The molecule has 0 radical (unpaired) electrons. The van der Waals surface area contributed by atoms with Crippen LogP contribution < -0.4 is 4.72 Å². The van der Waals surface area contributed by atoms with Gasteiger partial charge in [-0.05, 0) is 78.9 Å². The van der Waals surface area contributed by atoms with Gasteiger partial charge in [0.15, 0.2) is 0 Å². The number of hydrogen-bond donors (Lipinski definition) is 2. The summed E-state index contributed by atoms with van der Waals surface area (Å²) in [6, 6.07) is 15.7. The SMILES string of the molecule is CSc1ccc(-c2ccc(Cl)s2)c(NSc2cc(C(=O)O)ccc2C2CC2)c1. The molecule has 4 rings (SSSR count). The lowest BCUT2D eigenvalue weighted by Crippen LogP contribution is -1.99. The minimum atomic E-state index is -0.900. The van der Waals surface area contributed by atoms with Gasteiger partial charge < -0.3 is 9.83 Å². The number of anilines is 1. The van der Waals surface area contributed by atoms with Crippen molar-refractivity contribution in [2.24, 2.45) is 0 Å². The smallest absolute Gasteiger partial charge is 0.335 e. The summed E-state index contributed by atoms with van der Waals surface area (Å²) in [5.74, 6) is -0.359. The van der Waals surface area contributed by atoms with Crippen LogP contribution in [0.4, 0.5) is 5.69 Å². The average Bonchev–Trinajstić information content (AvgIpc) is 3.46. The number of halogens is 1. The Kier molecular flexibility index (Phi) is 5.92. The van der Waals surface area contributed by atoms with Crippen molar-refractivity contribution in [1.82, 2.24) is 0 Å². The molecule has 1 aliphatic rings. The average molecular weight is 448 g/mol. The highest BCUT2D eigenvalue weighted by atomic mass is 35.5. The summed E-state index contributed by atoms with van der Waals surface area (Å²) >= 11 is 10.9. The second kappa shape index (κ2) is 8.41. The molecule has 0 saturated heterocycles. The highest BCUT2D eigenvalue weighted by Crippen LogP contribution is 2.45. The summed E-state index contributed by atoms with van der Waals surface area (Å²) in [5.41, 5.74) is 3.63. The van der Waals surface area contributed by atoms with Gasteiger partial charge in [0, 0.05) is 20.2 Å². The molecule has 28 heavy (non-hydrogen) atoms. The summed E-state index contributed by atoms with van der Waals surface area (Å²) < 4.78 is 4.23. The Bertz CT molecular complexity index is 1030. The molecule has 3 aromatic rings. The molecule has 0 unspecified atom stereocenters. The summed E-state index contributed by atoms with van der Waals surface area (Å²) in [5, 5.41) is 9.36. The fraction of sp³-hybridized carbons (Fsp3) is 0.190. The van der Waals surface area contributed by atoms with Crippen LogP contribution in [0.1, 0.15) is 34.7 Å². The van der Waals surface area contributed by atoms with Crippen molar-refractivity contribution >= 4 is 58.3 Å². The molecule has 1 aliphatic carbocycles. The maximum Gasteiger partial charge on any atom is 0.335 e. The monoisotopic (exact) mass is 447 g/mol. The molecule has 1 saturated carbocycles. The molecule has 0 atom stereocenters. The Morgan fingerprint density at radius 1 is 1.18 bits per heavy atom. The Hall–Kier alpha value is -1.60. The van der Waals surface area contributed by atoms with Crippen LogP contribution in [-0.2, 0) is 0 Å². The van der Waals surface area contributed by atoms with Crippen LogP contribution in [-0.4, -0.2) is 17.3 Å². The van der Waals surface area contributed by atoms with E-state index in [0.717, 1.165) is 30.3 Å². The predicted molar refractivity (Wildman–Crippen MR) is 121 cm³/mol. The van der Waals surface area contributed by atoms with Crippen molar-refractivity contribution < 1.29 is 9.90 Å². The maximum atomic E-state index is 11.4. The molecule has 2 N–H and O–H groups in total. The van der Waals surface area contributed by atoms with E-state index in [1.165, 1.54) is 30.4 Å². The molecule has 3 nitrogen and oxygen atoms in total. The molecular weight excluding hydrogens is 430 g/mol. The number of carboxylic acids is 1. The summed E-state index contributed by atoms with van der Waals surface area (Å²) in [6.45, 7) is 0. The van der Waals surface area contributed by atoms with Crippen LogP contribution in [0.25, 0.3) is 10.4 Å². The van der Waals surface area contributed by atoms with Gasteiger partial charge in [-0.1, -0.05) is 23.7 Å². The number of nitrogens with one attached hydrogen (secondary N) is 1. The number of thioether (sulfide) groups is 1. The summed E-state index contributed by atoms with van der Waals surface area (Å²) in [4.78, 5) is 14.6. The van der Waals surface area contributed by atoms with Crippen LogP contribution >= 0.6 is 46.6 Å². The zero-order valence-electron chi connectivity index (χ0n) is 15.1. The maximum absolute atomic E-state index is 11.4. The van der Waals surface area contributed by atoms with E-state index in [0.29, 0.717) is 11.5 Å². The largest absolute Gasteiger partial charge is 0.478 e. The molecule has 0 spiro atoms. The number of thiophene rings is 1. The van der Waals surface area contributed by atoms with E-state index in [-0.39, 0.29) is 0 Å². The van der Waals surface area contributed by atoms with Crippen LogP contribution in [0, 0.1) is 0 Å². The van der Waals surface area contributed by atoms with Crippen molar-refractivity contribution in [2.75, 3.05) is 11.0 Å². The van der Waals surface area contributed by atoms with Gasteiger partial charge in [0.25, 0.3) is 0 Å². The number of rotatable bonds is 7. The van der Waals surface area contributed by atoms with Gasteiger partial charge in [0.05, 0.1) is 15.6 Å². The van der Waals surface area contributed by atoms with E-state index >= 15 is 0 Å². The van der Waals surface area contributed by atoms with Gasteiger partial charge >= 0.3 is 5.97 Å². The lowest BCUT2D eigenvalue weighted by atomic mass is 10.1. The quantitative estimate of drug-likeness (QED) is 0.290. The molecule has 1 fully saturated rings. The minimum Gasteiger partial charge on any atom is -0.478 e. The topological polar surface area (TPSA) is 49.3 Å². The van der Waals surface area contributed by atoms with Gasteiger partial charge in [0.1, 0.15) is 0 Å². The molecule has 144 valence electrons. The Morgan fingerprint density at radius 3 is 2.64 bits per heavy atom. The van der Waals surface area contributed by atoms with Crippen LogP contribution in [0.15, 0.2) is 58.3 Å². The number of hydrogen-bond acceptors (Lipinski definition) is 5. The zero-order valence-corrected chi connectivity index (χ0v) is 18.3. The van der Waals surface area contributed by atoms with Crippen LogP contribution in [0.3, 0.4) is 0 Å². The molecular formula is C21H18ClNO2S3. The summed E-state index contributed by atoms with van der Waals surface area (Å²) in [6.07, 6.45) is 4.39. The lowest BCUT2D eigenvalue weighted by Gasteiger charge is -2.14. The Balaban J connectivity index is 1.66. The highest BCUT2D eigenvalue weighted by Gasteiger charge is 2.27. The molecule has 7 heteroatoms. The van der Waals surface area contributed by atoms with Crippen LogP contribution in [0.2, 0.25) is 4.34 Å². The first kappa shape index (κ1) is 19.7. The molecule has 0 amide bonds. The second-order valence-electron chi connectivity index (χ2n) is 6.55. The minimum absolute atomic E-state index is 0.317. The number of carbonyl (C=O) groups is 1. The first-order valence-corrected chi connectivity index (χ1v) is 12.0. The molecule has 0 bridgehead atoms. The fourth-order valence-corrected chi connectivity index (χ4v) is 5.46. The van der Waals surface area contributed by atoms with E-state index < -0.39 is 5.97 Å². The fourth-order valence-electron chi connectivity index (χ4n) is 3.01. The van der Waals surface area contributed by atoms with E-state index in [1.54, 1.807) is 35.2 Å². The third-order valence-electron chi connectivity index (χ3n) is 4.61. The summed E-state index contributed by atoms with van der Waals surface area (Å²) in [7, 11) is 0. The lowest BCUT2D eigenvalue weighted by molar-refractivity contribution is 0.0696. The predicted octanol–water partition coefficient (Wildman–Crippen LogP) is 7.49. The molecule has 1 heterocycles. The van der Waals surface area contributed by atoms with Gasteiger partial charge in [-0.25, -0.2) is 4.79 Å². The normalized spacial score (nSPS) is 13.5. The van der Waals surface area contributed by atoms with Gasteiger partial charge in [-0.15, -0.1) is 23.1 Å². The van der Waals surface area contributed by atoms with E-state index in [2.05, 4.69) is 29.2 Å². The van der Waals surface area contributed by atoms with E-state index in [9.17, 15) is 9.90 Å². The second-order valence-corrected chi connectivity index (χ2v) is 9.99. The Morgan fingerprint density at radius 2 is 2.00 bits per heavy atom. The molecule has 2 aromatic carbocycles. The first-order valence-electron chi connectivity index (χ1n) is 8.79. The number of benzene rings is 2. The van der Waals surface area contributed by atoms with Crippen molar-refractivity contribution in [3.05, 3.63) is 64.0 Å². The standard InChI is InChI=1S/C21H18ClNO2S3/c1-26-14-5-7-16(18-8-9-20(22)27-18)17(11-14)23-28-19-10-13(21(24)25)4-6-15(19)12-2-3-12/h4-12,23H,2-3H2,1H3,(H,24,25). The Labute approximate surface area is 181 Å². The molecule has 1 aromatic heterocycles. The zero-order chi connectivity index (χ0) is 19.7. The van der Waals surface area contributed by atoms with Gasteiger partial charge in [-0.3, -0.25) is 0 Å². The van der Waals surface area contributed by atoms with Crippen molar-refractivity contribution in [1.29, 1.82) is 0 Å². The third-order valence-corrected chi connectivity index (χ3v) is 7.50. The van der Waals surface area contributed by atoms with Crippen molar-refractivity contribution in [2.45, 2.75) is 28.6 Å². The third kappa shape index (κ3) is 4.35. The van der Waals surface area contributed by atoms with Crippen molar-refractivity contribution in [3.8, 4) is 10.4 Å². The molecule has 0 aliphatic heterocycles. The van der Waals surface area contributed by atoms with Crippen molar-refractivity contribution in [3.63, 3.8) is 0 Å². The van der Waals surface area contributed by atoms with Crippen LogP contribution in [0.5, 0.6) is 0 Å². The van der Waals surface area contributed by atoms with E-state index in [1.807, 2.05) is 18.2 Å². The number of aromatic carboxylic acids is 1. The van der Waals surface area contributed by atoms with Gasteiger partial charge in [-0.2, -0.15) is 0 Å². The van der Waals surface area contributed by atoms with E-state index in [4.69, 9.17) is 11.6 Å². The highest BCUT2D eigenvalue weighted by molar-refractivity contribution is 8.00. The van der Waals surface area contributed by atoms with Gasteiger partial charge in [0.2, 0.25) is 0 Å². The first-order chi connectivity index (χ1) is 13.5.